The van der Waals surface area contributed by atoms with Crippen LogP contribution in [0, 0.1) is 5.92 Å². The third-order valence-corrected chi connectivity index (χ3v) is 5.74. The first-order valence-corrected chi connectivity index (χ1v) is 10.6. The van der Waals surface area contributed by atoms with E-state index in [0.717, 1.165) is 56.0 Å². The highest BCUT2D eigenvalue weighted by molar-refractivity contribution is 5.72. The lowest BCUT2D eigenvalue weighted by Gasteiger charge is -2.42. The highest BCUT2D eigenvalue weighted by atomic mass is 16.5. The minimum atomic E-state index is -0.630. The van der Waals surface area contributed by atoms with E-state index < -0.39 is 5.97 Å². The summed E-state index contributed by atoms with van der Waals surface area (Å²) >= 11 is 0. The summed E-state index contributed by atoms with van der Waals surface area (Å²) in [7, 11) is 0. The Morgan fingerprint density at radius 3 is 2.58 bits per heavy atom. The molecule has 5 rings (SSSR count). The van der Waals surface area contributed by atoms with Crippen LogP contribution >= 0.6 is 0 Å². The number of nitrogens with two attached hydrogens (primary N) is 1. The van der Waals surface area contributed by atoms with Gasteiger partial charge in [-0.15, -0.1) is 5.10 Å². The fourth-order valence-corrected chi connectivity index (χ4v) is 3.66. The molecule has 2 aliphatic rings. The average molecular weight is 424 g/mol. The number of aromatic nitrogens is 3. The Labute approximate surface area is 181 Å². The zero-order valence-corrected chi connectivity index (χ0v) is 18.0. The lowest BCUT2D eigenvalue weighted by molar-refractivity contribution is -0.138. The van der Waals surface area contributed by atoms with E-state index in [0.29, 0.717) is 5.95 Å². The Balaban J connectivity index is 0.000000334. The van der Waals surface area contributed by atoms with Gasteiger partial charge < -0.3 is 15.6 Å². The molecule has 1 saturated carbocycles. The minimum Gasteiger partial charge on any atom is -0.481 e. The summed E-state index contributed by atoms with van der Waals surface area (Å²) in [6, 6.07) is 14.5. The van der Waals surface area contributed by atoms with E-state index in [1.165, 1.54) is 5.56 Å². The topological polar surface area (TPSA) is 106 Å². The number of carboxylic acid groups (broad SMARTS) is 1. The smallest absolute Gasteiger partial charge is 0.306 e. The largest absolute Gasteiger partial charge is 0.481 e. The zero-order chi connectivity index (χ0) is 22.0. The van der Waals surface area contributed by atoms with Crippen LogP contribution in [0.25, 0.3) is 16.9 Å². The van der Waals surface area contributed by atoms with E-state index in [4.69, 9.17) is 15.6 Å². The molecule has 0 spiro atoms. The van der Waals surface area contributed by atoms with Gasteiger partial charge >= 0.3 is 5.97 Å². The van der Waals surface area contributed by atoms with Gasteiger partial charge in [-0.2, -0.15) is 4.98 Å². The van der Waals surface area contributed by atoms with Gasteiger partial charge in [0.15, 0.2) is 5.65 Å². The predicted molar refractivity (Wildman–Crippen MR) is 119 cm³/mol. The lowest BCUT2D eigenvalue weighted by atomic mass is 10.0. The van der Waals surface area contributed by atoms with Gasteiger partial charge in [0.25, 0.3) is 0 Å². The Hall–Kier alpha value is -2.97. The predicted octanol–water partition coefficient (Wildman–Crippen LogP) is 3.07. The van der Waals surface area contributed by atoms with Crippen LogP contribution in [0.3, 0.4) is 0 Å². The Morgan fingerprint density at radius 1 is 1.23 bits per heavy atom. The van der Waals surface area contributed by atoms with Crippen LogP contribution in [-0.2, 0) is 16.1 Å². The molecular weight excluding hydrogens is 394 g/mol. The van der Waals surface area contributed by atoms with Crippen LogP contribution in [0.1, 0.15) is 32.3 Å². The molecular formula is C23H29N5O3. The van der Waals surface area contributed by atoms with Crippen molar-refractivity contribution in [2.75, 3.05) is 25.5 Å². The number of nitrogens with zero attached hydrogens (tertiary/aromatic N) is 4. The van der Waals surface area contributed by atoms with Gasteiger partial charge in [0.2, 0.25) is 5.95 Å². The van der Waals surface area contributed by atoms with Crippen molar-refractivity contribution >= 4 is 17.6 Å². The van der Waals surface area contributed by atoms with Gasteiger partial charge in [0.1, 0.15) is 0 Å². The van der Waals surface area contributed by atoms with Crippen molar-refractivity contribution in [2.24, 2.45) is 5.92 Å². The summed E-state index contributed by atoms with van der Waals surface area (Å²) in [5, 5.41) is 12.3. The number of hydrogen-bond donors (Lipinski definition) is 2. The van der Waals surface area contributed by atoms with Gasteiger partial charge in [-0.25, -0.2) is 4.52 Å². The van der Waals surface area contributed by atoms with Gasteiger partial charge in [0, 0.05) is 24.2 Å². The highest BCUT2D eigenvalue weighted by Gasteiger charge is 2.30. The second-order valence-corrected chi connectivity index (χ2v) is 8.75. The number of morpholine rings is 1. The number of hydrogen-bond acceptors (Lipinski definition) is 6. The summed E-state index contributed by atoms with van der Waals surface area (Å²) < 4.78 is 7.39. The second-order valence-electron chi connectivity index (χ2n) is 8.75. The van der Waals surface area contributed by atoms with E-state index in [1.54, 1.807) is 4.52 Å². The first-order valence-electron chi connectivity index (χ1n) is 10.6. The van der Waals surface area contributed by atoms with Gasteiger partial charge in [-0.3, -0.25) is 9.69 Å². The Kier molecular flexibility index (Phi) is 5.93. The van der Waals surface area contributed by atoms with E-state index in [1.807, 2.05) is 18.2 Å². The highest BCUT2D eigenvalue weighted by Crippen LogP contribution is 2.28. The first kappa shape index (κ1) is 21.3. The molecule has 3 N–H and O–H groups in total. The van der Waals surface area contributed by atoms with Gasteiger partial charge in [-0.1, -0.05) is 30.3 Å². The molecule has 0 amide bonds. The minimum absolute atomic E-state index is 0.0185. The number of carbonyl (C=O) groups is 1. The fraction of sp³-hybridized carbons (Fsp3) is 0.435. The molecule has 2 fully saturated rings. The van der Waals surface area contributed by atoms with Crippen molar-refractivity contribution in [3.63, 3.8) is 0 Å². The molecule has 164 valence electrons. The first-order chi connectivity index (χ1) is 14.8. The number of carboxylic acids is 1. The SMILES string of the molecule is CC1(C)COCCN1Cc1ccc(-c2cccc3nc(N)nn23)cc1.O=C(O)C1CC1. The van der Waals surface area contributed by atoms with Crippen LogP contribution < -0.4 is 5.73 Å². The molecule has 0 radical (unpaired) electrons. The summed E-state index contributed by atoms with van der Waals surface area (Å²) in [5.74, 6) is -0.321. The van der Waals surface area contributed by atoms with E-state index in [2.05, 4.69) is 53.1 Å². The zero-order valence-electron chi connectivity index (χ0n) is 18.0. The maximum Gasteiger partial charge on any atom is 0.306 e. The van der Waals surface area contributed by atoms with Crippen LogP contribution in [0.5, 0.6) is 0 Å². The van der Waals surface area contributed by atoms with Crippen molar-refractivity contribution in [3.05, 3.63) is 48.0 Å². The second kappa shape index (κ2) is 8.64. The van der Waals surface area contributed by atoms with Crippen molar-refractivity contribution in [2.45, 2.75) is 38.8 Å². The van der Waals surface area contributed by atoms with Crippen LogP contribution in [0.2, 0.25) is 0 Å². The Bertz CT molecular complexity index is 1060. The number of benzene rings is 1. The molecule has 3 heterocycles. The summed E-state index contributed by atoms with van der Waals surface area (Å²) in [5.41, 5.74) is 9.94. The van der Waals surface area contributed by atoms with Crippen molar-refractivity contribution in [1.82, 2.24) is 19.5 Å². The molecule has 8 heteroatoms. The number of rotatable bonds is 4. The van der Waals surface area contributed by atoms with Crippen LogP contribution in [0.15, 0.2) is 42.5 Å². The normalized spacial score (nSPS) is 18.4. The molecule has 0 atom stereocenters. The standard InChI is InChI=1S/C19H23N5O.C4H6O2/c1-19(2)13-25-11-10-23(19)12-14-6-8-15(9-7-14)16-4-3-5-17-21-18(20)22-24(16)17;5-4(6)3-1-2-3/h3-9H,10-13H2,1-2H3,(H2,20,22);3H,1-2H2,(H,5,6). The maximum absolute atomic E-state index is 9.76. The molecule has 1 aliphatic heterocycles. The number of ether oxygens (including phenoxy) is 1. The number of aliphatic carboxylic acids is 1. The molecule has 2 aromatic heterocycles. The van der Waals surface area contributed by atoms with Crippen LogP contribution in [-0.4, -0.2) is 55.9 Å². The molecule has 8 nitrogen and oxygen atoms in total. The third kappa shape index (κ3) is 5.03. The molecule has 1 aromatic carbocycles. The Morgan fingerprint density at radius 2 is 1.97 bits per heavy atom. The van der Waals surface area contributed by atoms with Gasteiger partial charge in [-0.05, 0) is 44.4 Å². The average Bonchev–Trinajstić information content (AvgIpc) is 3.52. The fourth-order valence-electron chi connectivity index (χ4n) is 3.66. The van der Waals surface area contributed by atoms with E-state index in [9.17, 15) is 4.79 Å². The molecule has 0 bridgehead atoms. The quantitative estimate of drug-likeness (QED) is 0.664. The molecule has 3 aromatic rings. The van der Waals surface area contributed by atoms with Crippen molar-refractivity contribution in [3.8, 4) is 11.3 Å². The molecule has 0 unspecified atom stereocenters. The number of fused-ring (bicyclic) bond motifs is 1. The number of anilines is 1. The van der Waals surface area contributed by atoms with Crippen molar-refractivity contribution < 1.29 is 14.6 Å². The van der Waals surface area contributed by atoms with Crippen molar-refractivity contribution in [1.29, 1.82) is 0 Å². The van der Waals surface area contributed by atoms with E-state index in [-0.39, 0.29) is 11.5 Å². The maximum atomic E-state index is 9.76. The van der Waals surface area contributed by atoms with E-state index >= 15 is 0 Å². The third-order valence-electron chi connectivity index (χ3n) is 5.74. The summed E-state index contributed by atoms with van der Waals surface area (Å²) in [6.07, 6.45) is 1.80. The molecule has 1 aliphatic carbocycles. The monoisotopic (exact) mass is 423 g/mol. The van der Waals surface area contributed by atoms with Crippen LogP contribution in [0.4, 0.5) is 5.95 Å². The summed E-state index contributed by atoms with van der Waals surface area (Å²) in [4.78, 5) is 16.5. The lowest BCUT2D eigenvalue weighted by Crippen LogP contribution is -2.52. The number of nitrogen functional groups attached to an aromatic ring is 1. The molecule has 31 heavy (non-hydrogen) atoms. The summed E-state index contributed by atoms with van der Waals surface area (Å²) in [6.45, 7) is 7.94. The molecule has 1 saturated heterocycles. The number of pyridine rings is 1. The van der Waals surface area contributed by atoms with Gasteiger partial charge in [0.05, 0.1) is 24.8 Å².